The highest BCUT2D eigenvalue weighted by Gasteiger charge is 2.23. The summed E-state index contributed by atoms with van der Waals surface area (Å²) in [4.78, 5) is 9.07. The number of aromatic nitrogens is 1. The van der Waals surface area contributed by atoms with Gasteiger partial charge in [0.05, 0.1) is 11.7 Å². The molecule has 0 amide bonds. The summed E-state index contributed by atoms with van der Waals surface area (Å²) >= 11 is 0. The van der Waals surface area contributed by atoms with E-state index in [9.17, 15) is 0 Å². The van der Waals surface area contributed by atoms with Crippen LogP contribution >= 0.6 is 0 Å². The predicted molar refractivity (Wildman–Crippen MR) is 78.7 cm³/mol. The normalized spacial score (nSPS) is 20.0. The second kappa shape index (κ2) is 6.67. The number of piperazine rings is 1. The van der Waals surface area contributed by atoms with Crippen molar-refractivity contribution in [2.45, 2.75) is 26.4 Å². The zero-order valence-corrected chi connectivity index (χ0v) is 12.2. The van der Waals surface area contributed by atoms with Gasteiger partial charge in [0, 0.05) is 38.9 Å². The van der Waals surface area contributed by atoms with E-state index in [4.69, 9.17) is 10.9 Å². The second-order valence-corrected chi connectivity index (χ2v) is 5.28. The van der Waals surface area contributed by atoms with E-state index in [1.54, 1.807) is 0 Å². The molecular weight excluding hydrogens is 254 g/mol. The van der Waals surface area contributed by atoms with Crippen molar-refractivity contribution >= 4 is 5.84 Å². The maximum absolute atomic E-state index is 8.73. The number of hydrogen-bond donors (Lipinski definition) is 2. The number of aryl methyl sites for hydroxylation is 1. The van der Waals surface area contributed by atoms with Crippen LogP contribution in [0.5, 0.6) is 0 Å². The van der Waals surface area contributed by atoms with Crippen LogP contribution in [0.25, 0.3) is 0 Å². The molecule has 1 saturated heterocycles. The molecular formula is C14H23N5O. The zero-order valence-electron chi connectivity index (χ0n) is 12.2. The highest BCUT2D eigenvalue weighted by Crippen LogP contribution is 2.11. The van der Waals surface area contributed by atoms with Crippen LogP contribution in [0, 0.1) is 6.92 Å². The Morgan fingerprint density at radius 3 is 2.75 bits per heavy atom. The van der Waals surface area contributed by atoms with Gasteiger partial charge in [0.2, 0.25) is 0 Å². The molecule has 20 heavy (non-hydrogen) atoms. The van der Waals surface area contributed by atoms with Crippen molar-refractivity contribution in [3.05, 3.63) is 29.6 Å². The number of hydrogen-bond acceptors (Lipinski definition) is 5. The van der Waals surface area contributed by atoms with E-state index in [1.807, 2.05) is 19.2 Å². The number of amidine groups is 1. The Morgan fingerprint density at radius 2 is 2.15 bits per heavy atom. The third kappa shape index (κ3) is 3.46. The van der Waals surface area contributed by atoms with Gasteiger partial charge in [0.25, 0.3) is 0 Å². The maximum Gasteiger partial charge on any atom is 0.156 e. The molecule has 0 radical (unpaired) electrons. The minimum Gasteiger partial charge on any atom is -0.409 e. The third-order valence-corrected chi connectivity index (χ3v) is 3.99. The minimum atomic E-state index is -0.0151. The first-order chi connectivity index (χ1) is 9.61. The summed E-state index contributed by atoms with van der Waals surface area (Å²) in [7, 11) is 0. The molecule has 0 saturated carbocycles. The molecule has 110 valence electrons. The van der Waals surface area contributed by atoms with Gasteiger partial charge in [-0.25, -0.2) is 0 Å². The Kier molecular flexibility index (Phi) is 4.92. The Balaban J connectivity index is 1.87. The number of nitrogens with two attached hydrogens (primary N) is 1. The predicted octanol–water partition coefficient (Wildman–Crippen LogP) is 0.643. The first kappa shape index (κ1) is 14.7. The maximum atomic E-state index is 8.73. The Labute approximate surface area is 119 Å². The van der Waals surface area contributed by atoms with Crippen molar-refractivity contribution < 1.29 is 5.21 Å². The molecule has 0 aromatic carbocycles. The van der Waals surface area contributed by atoms with Gasteiger partial charge in [-0.2, -0.15) is 0 Å². The van der Waals surface area contributed by atoms with Crippen LogP contribution in [-0.4, -0.2) is 58.0 Å². The SMILES string of the molecule is Cc1cccnc1CN1CCN(C(C)/C(N)=N/O)CC1. The van der Waals surface area contributed by atoms with Gasteiger partial charge in [-0.3, -0.25) is 14.8 Å². The molecule has 1 aromatic heterocycles. The second-order valence-electron chi connectivity index (χ2n) is 5.28. The lowest BCUT2D eigenvalue weighted by atomic mass is 10.2. The number of oxime groups is 1. The van der Waals surface area contributed by atoms with E-state index in [-0.39, 0.29) is 11.9 Å². The van der Waals surface area contributed by atoms with Gasteiger partial charge in [-0.15, -0.1) is 0 Å². The van der Waals surface area contributed by atoms with Crippen LogP contribution in [-0.2, 0) is 6.54 Å². The van der Waals surface area contributed by atoms with Crippen LogP contribution in [0.4, 0.5) is 0 Å². The Bertz CT molecular complexity index is 468. The molecule has 1 aliphatic rings. The van der Waals surface area contributed by atoms with E-state index in [0.29, 0.717) is 0 Å². The lowest BCUT2D eigenvalue weighted by molar-refractivity contribution is 0.115. The third-order valence-electron chi connectivity index (χ3n) is 3.99. The average molecular weight is 277 g/mol. The van der Waals surface area contributed by atoms with Gasteiger partial charge in [0.15, 0.2) is 5.84 Å². The number of nitrogens with zero attached hydrogens (tertiary/aromatic N) is 4. The molecule has 1 aliphatic heterocycles. The molecule has 1 aromatic rings. The summed E-state index contributed by atoms with van der Waals surface area (Å²) in [6.07, 6.45) is 1.85. The molecule has 0 spiro atoms. The van der Waals surface area contributed by atoms with Crippen molar-refractivity contribution in [3.8, 4) is 0 Å². The fourth-order valence-electron chi connectivity index (χ4n) is 2.48. The topological polar surface area (TPSA) is 78.0 Å². The molecule has 6 heteroatoms. The monoisotopic (exact) mass is 277 g/mol. The van der Waals surface area contributed by atoms with Crippen molar-refractivity contribution in [2.75, 3.05) is 26.2 Å². The number of rotatable bonds is 4. The molecule has 0 aliphatic carbocycles. The number of pyridine rings is 1. The molecule has 2 rings (SSSR count). The van der Waals surface area contributed by atoms with E-state index < -0.39 is 0 Å². The van der Waals surface area contributed by atoms with Crippen LogP contribution in [0.2, 0.25) is 0 Å². The van der Waals surface area contributed by atoms with E-state index in [2.05, 4.69) is 32.9 Å². The summed E-state index contributed by atoms with van der Waals surface area (Å²) in [5, 5.41) is 11.8. The highest BCUT2D eigenvalue weighted by molar-refractivity contribution is 5.84. The van der Waals surface area contributed by atoms with Crippen LogP contribution < -0.4 is 5.73 Å². The fraction of sp³-hybridized carbons (Fsp3) is 0.571. The largest absolute Gasteiger partial charge is 0.409 e. The Hall–Kier alpha value is -1.66. The first-order valence-electron chi connectivity index (χ1n) is 6.96. The Morgan fingerprint density at radius 1 is 1.45 bits per heavy atom. The summed E-state index contributed by atoms with van der Waals surface area (Å²) in [5.74, 6) is 0.277. The smallest absolute Gasteiger partial charge is 0.156 e. The molecule has 6 nitrogen and oxygen atoms in total. The van der Waals surface area contributed by atoms with E-state index in [0.717, 1.165) is 38.4 Å². The molecule has 0 bridgehead atoms. The fourth-order valence-corrected chi connectivity index (χ4v) is 2.48. The summed E-state index contributed by atoms with van der Waals surface area (Å²) in [6, 6.07) is 4.05. The minimum absolute atomic E-state index is 0.0151. The molecule has 3 N–H and O–H groups in total. The molecule has 1 atom stereocenters. The van der Waals surface area contributed by atoms with E-state index in [1.165, 1.54) is 5.56 Å². The van der Waals surface area contributed by atoms with Gasteiger partial charge in [0.1, 0.15) is 0 Å². The van der Waals surface area contributed by atoms with Crippen molar-refractivity contribution in [3.63, 3.8) is 0 Å². The van der Waals surface area contributed by atoms with Gasteiger partial charge in [-0.05, 0) is 25.5 Å². The van der Waals surface area contributed by atoms with Gasteiger partial charge >= 0.3 is 0 Å². The summed E-state index contributed by atoms with van der Waals surface area (Å²) < 4.78 is 0. The average Bonchev–Trinajstić information content (AvgIpc) is 2.49. The molecule has 1 fully saturated rings. The quantitative estimate of drug-likeness (QED) is 0.365. The molecule has 2 heterocycles. The van der Waals surface area contributed by atoms with Gasteiger partial charge < -0.3 is 10.9 Å². The van der Waals surface area contributed by atoms with Crippen molar-refractivity contribution in [2.24, 2.45) is 10.9 Å². The van der Waals surface area contributed by atoms with Crippen LogP contribution in [0.15, 0.2) is 23.5 Å². The first-order valence-corrected chi connectivity index (χ1v) is 6.96. The van der Waals surface area contributed by atoms with Crippen molar-refractivity contribution in [1.82, 2.24) is 14.8 Å². The van der Waals surface area contributed by atoms with Crippen LogP contribution in [0.1, 0.15) is 18.2 Å². The van der Waals surface area contributed by atoms with Gasteiger partial charge in [-0.1, -0.05) is 11.2 Å². The lowest BCUT2D eigenvalue weighted by Gasteiger charge is -2.37. The van der Waals surface area contributed by atoms with E-state index >= 15 is 0 Å². The molecule has 1 unspecified atom stereocenters. The van der Waals surface area contributed by atoms with Crippen molar-refractivity contribution in [1.29, 1.82) is 0 Å². The zero-order chi connectivity index (χ0) is 14.5. The lowest BCUT2D eigenvalue weighted by Crippen LogP contribution is -2.52. The van der Waals surface area contributed by atoms with Crippen LogP contribution in [0.3, 0.4) is 0 Å². The standard InChI is InChI=1S/C14H23N5O/c1-11-4-3-5-16-13(11)10-18-6-8-19(9-7-18)12(2)14(15)17-20/h3-5,12,20H,6-10H2,1-2H3,(H2,15,17). The summed E-state index contributed by atoms with van der Waals surface area (Å²) in [5.41, 5.74) is 8.04. The highest BCUT2D eigenvalue weighted by atomic mass is 16.4. The summed E-state index contributed by atoms with van der Waals surface area (Å²) in [6.45, 7) is 8.73.